The van der Waals surface area contributed by atoms with Gasteiger partial charge < -0.3 is 0 Å². The van der Waals surface area contributed by atoms with Crippen LogP contribution in [0.3, 0.4) is 0 Å². The second-order valence-electron chi connectivity index (χ2n) is 9.16. The van der Waals surface area contributed by atoms with E-state index in [1.54, 1.807) is 16.2 Å². The SMILES string of the molecule is CCCCC1=C(CCCC)[P+](c2ccccc2)(c2ccccc2)c2cccc3cccc1c23. The monoisotopic (exact) mass is 449 g/mol. The molecule has 1 heteroatoms. The molecule has 0 atom stereocenters. The molecular weight excluding hydrogens is 415 g/mol. The van der Waals surface area contributed by atoms with Crippen LogP contribution in [-0.4, -0.2) is 0 Å². The lowest BCUT2D eigenvalue weighted by Gasteiger charge is -2.36. The number of hydrogen-bond acceptors (Lipinski definition) is 0. The maximum absolute atomic E-state index is 2.45. The highest BCUT2D eigenvalue weighted by Gasteiger charge is 2.53. The van der Waals surface area contributed by atoms with Crippen LogP contribution in [0.2, 0.25) is 0 Å². The third-order valence-electron chi connectivity index (χ3n) is 7.16. The predicted molar refractivity (Wildman–Crippen MR) is 149 cm³/mol. The Morgan fingerprint density at radius 3 is 1.76 bits per heavy atom. The molecule has 5 rings (SSSR count). The summed E-state index contributed by atoms with van der Waals surface area (Å²) in [4.78, 5) is 0. The number of benzene rings is 4. The second-order valence-corrected chi connectivity index (χ2v) is 12.6. The van der Waals surface area contributed by atoms with Crippen LogP contribution >= 0.6 is 7.26 Å². The maximum Gasteiger partial charge on any atom is 0.141 e. The average Bonchev–Trinajstić information content (AvgIpc) is 2.88. The molecular formula is C32H34P+. The summed E-state index contributed by atoms with van der Waals surface area (Å²) in [6.45, 7) is 4.65. The first kappa shape index (κ1) is 22.1. The predicted octanol–water partition coefficient (Wildman–Crippen LogP) is 8.24. The van der Waals surface area contributed by atoms with Crippen LogP contribution in [0.1, 0.15) is 57.9 Å². The van der Waals surface area contributed by atoms with Gasteiger partial charge in [0.05, 0.1) is 5.31 Å². The summed E-state index contributed by atoms with van der Waals surface area (Å²) in [7, 11) is -1.96. The van der Waals surface area contributed by atoms with Gasteiger partial charge in [0.1, 0.15) is 23.2 Å². The fourth-order valence-corrected chi connectivity index (χ4v) is 10.7. The zero-order valence-electron chi connectivity index (χ0n) is 19.9. The molecule has 1 aliphatic rings. The zero-order chi connectivity index (χ0) is 22.7. The van der Waals surface area contributed by atoms with Crippen molar-refractivity contribution >= 4 is 39.5 Å². The van der Waals surface area contributed by atoms with Crippen molar-refractivity contribution in [2.24, 2.45) is 0 Å². The van der Waals surface area contributed by atoms with Crippen LogP contribution in [0, 0.1) is 0 Å². The minimum Gasteiger partial charge on any atom is -0.0654 e. The molecule has 0 radical (unpaired) electrons. The van der Waals surface area contributed by atoms with Crippen molar-refractivity contribution in [1.82, 2.24) is 0 Å². The summed E-state index contributed by atoms with van der Waals surface area (Å²) in [6.07, 6.45) is 7.28. The highest BCUT2D eigenvalue weighted by atomic mass is 31.2. The summed E-state index contributed by atoms with van der Waals surface area (Å²) in [6, 6.07) is 36.9. The van der Waals surface area contributed by atoms with E-state index in [0.717, 1.165) is 0 Å². The largest absolute Gasteiger partial charge is 0.141 e. The van der Waals surface area contributed by atoms with Gasteiger partial charge in [-0.05, 0) is 66.1 Å². The third kappa shape index (κ3) is 3.66. The molecule has 0 aliphatic carbocycles. The van der Waals surface area contributed by atoms with Gasteiger partial charge in [-0.1, -0.05) is 93.4 Å². The van der Waals surface area contributed by atoms with Crippen molar-refractivity contribution in [3.63, 3.8) is 0 Å². The molecule has 0 aromatic heterocycles. The van der Waals surface area contributed by atoms with E-state index in [4.69, 9.17) is 0 Å². The summed E-state index contributed by atoms with van der Waals surface area (Å²) in [5.41, 5.74) is 3.13. The molecule has 0 nitrogen and oxygen atoms in total. The van der Waals surface area contributed by atoms with Crippen molar-refractivity contribution in [3.8, 4) is 0 Å². The van der Waals surface area contributed by atoms with Crippen molar-refractivity contribution < 1.29 is 0 Å². The molecule has 1 aliphatic heterocycles. The Morgan fingerprint density at radius 2 is 1.15 bits per heavy atom. The van der Waals surface area contributed by atoms with Crippen molar-refractivity contribution in [3.05, 3.63) is 108 Å². The van der Waals surface area contributed by atoms with Crippen LogP contribution in [-0.2, 0) is 0 Å². The van der Waals surface area contributed by atoms with E-state index >= 15 is 0 Å². The molecule has 0 saturated heterocycles. The molecule has 4 aromatic rings. The van der Waals surface area contributed by atoms with Crippen molar-refractivity contribution in [2.75, 3.05) is 0 Å². The Labute approximate surface area is 199 Å². The van der Waals surface area contributed by atoms with Crippen LogP contribution in [0.4, 0.5) is 0 Å². The van der Waals surface area contributed by atoms with Crippen LogP contribution in [0.15, 0.2) is 102 Å². The first-order valence-corrected chi connectivity index (χ1v) is 14.4. The van der Waals surface area contributed by atoms with Gasteiger partial charge >= 0.3 is 0 Å². The minimum absolute atomic E-state index is 1.17. The number of hydrogen-bond donors (Lipinski definition) is 0. The number of allylic oxidation sites excluding steroid dienone is 2. The highest BCUT2D eigenvalue weighted by Crippen LogP contribution is 2.69. The van der Waals surface area contributed by atoms with Gasteiger partial charge in [-0.2, -0.15) is 0 Å². The third-order valence-corrected chi connectivity index (χ3v) is 11.7. The fourth-order valence-electron chi connectivity index (χ4n) is 5.69. The van der Waals surface area contributed by atoms with Gasteiger partial charge in [-0.25, -0.2) is 0 Å². The van der Waals surface area contributed by atoms with Crippen LogP contribution < -0.4 is 15.9 Å². The molecule has 1 heterocycles. The number of unbranched alkanes of at least 4 members (excludes halogenated alkanes) is 2. The molecule has 33 heavy (non-hydrogen) atoms. The van der Waals surface area contributed by atoms with Crippen molar-refractivity contribution in [2.45, 2.75) is 52.4 Å². The van der Waals surface area contributed by atoms with E-state index in [1.165, 1.54) is 65.5 Å². The summed E-state index contributed by atoms with van der Waals surface area (Å²) < 4.78 is 0. The summed E-state index contributed by atoms with van der Waals surface area (Å²) in [5, 5.41) is 9.15. The molecule has 0 spiro atoms. The highest BCUT2D eigenvalue weighted by molar-refractivity contribution is 7.99. The Bertz CT molecular complexity index is 1220. The molecule has 0 bridgehead atoms. The van der Waals surface area contributed by atoms with Crippen LogP contribution in [0.25, 0.3) is 16.3 Å². The molecule has 0 saturated carbocycles. The second kappa shape index (κ2) is 9.66. The van der Waals surface area contributed by atoms with Gasteiger partial charge in [0, 0.05) is 11.8 Å². The Morgan fingerprint density at radius 1 is 0.576 bits per heavy atom. The van der Waals surface area contributed by atoms with E-state index in [1.807, 2.05) is 0 Å². The topological polar surface area (TPSA) is 0 Å². The van der Waals surface area contributed by atoms with E-state index in [-0.39, 0.29) is 0 Å². The van der Waals surface area contributed by atoms with Crippen molar-refractivity contribution in [1.29, 1.82) is 0 Å². The first-order chi connectivity index (χ1) is 16.3. The lowest BCUT2D eigenvalue weighted by molar-refractivity contribution is 0.794. The molecule has 0 amide bonds. The first-order valence-electron chi connectivity index (χ1n) is 12.6. The summed E-state index contributed by atoms with van der Waals surface area (Å²) >= 11 is 0. The van der Waals surface area contributed by atoms with E-state index in [0.29, 0.717) is 0 Å². The van der Waals surface area contributed by atoms with E-state index < -0.39 is 7.26 Å². The average molecular weight is 450 g/mol. The lowest BCUT2D eigenvalue weighted by atomic mass is 9.93. The normalized spacial score (nSPS) is 14.6. The molecule has 0 unspecified atom stereocenters. The van der Waals surface area contributed by atoms with Crippen LogP contribution in [0.5, 0.6) is 0 Å². The molecule has 0 fully saturated rings. The zero-order valence-corrected chi connectivity index (χ0v) is 20.8. The molecule has 166 valence electrons. The smallest absolute Gasteiger partial charge is 0.0654 e. The van der Waals surface area contributed by atoms with Gasteiger partial charge in [0.15, 0.2) is 0 Å². The van der Waals surface area contributed by atoms with Gasteiger partial charge in [-0.15, -0.1) is 0 Å². The fraction of sp³-hybridized carbons (Fsp3) is 0.250. The Hall–Kier alpha value is -2.69. The maximum atomic E-state index is 2.45. The lowest BCUT2D eigenvalue weighted by Crippen LogP contribution is -2.35. The quantitative estimate of drug-likeness (QED) is 0.238. The Balaban J connectivity index is 1.97. The Kier molecular flexibility index (Phi) is 6.48. The minimum atomic E-state index is -1.96. The molecule has 0 N–H and O–H groups in total. The van der Waals surface area contributed by atoms with E-state index in [2.05, 4.69) is 111 Å². The standard InChI is InChI=1S/C32H34P/c1-3-5-21-28-29-22-13-15-25-16-14-24-31(32(25)29)33(30(28)23-6-4-2,26-17-9-7-10-18-26)27-19-11-8-12-20-27/h7-20,22,24H,3-6,21,23H2,1-2H3/q+1. The van der Waals surface area contributed by atoms with Gasteiger partial charge in [0.2, 0.25) is 0 Å². The molecule has 4 aromatic carbocycles. The van der Waals surface area contributed by atoms with E-state index in [9.17, 15) is 0 Å². The summed E-state index contributed by atoms with van der Waals surface area (Å²) in [5.74, 6) is 0. The van der Waals surface area contributed by atoms with Gasteiger partial charge in [0.25, 0.3) is 0 Å². The van der Waals surface area contributed by atoms with Gasteiger partial charge in [-0.3, -0.25) is 0 Å². The number of rotatable bonds is 8.